The Balaban J connectivity index is 1.69. The Labute approximate surface area is 134 Å². The van der Waals surface area contributed by atoms with E-state index < -0.39 is 6.10 Å². The number of para-hydroxylation sites is 1. The Bertz CT molecular complexity index is 560. The molecule has 1 unspecified atom stereocenters. The van der Waals surface area contributed by atoms with Gasteiger partial charge in [-0.15, -0.1) is 0 Å². The minimum Gasteiger partial charge on any atom is -0.389 e. The lowest BCUT2D eigenvalue weighted by atomic mass is 10.2. The summed E-state index contributed by atoms with van der Waals surface area (Å²) in [6, 6.07) is 14.8. The number of nitrogens with one attached hydrogen (secondary N) is 1. The maximum absolute atomic E-state index is 9.87. The van der Waals surface area contributed by atoms with Crippen LogP contribution in [-0.2, 0) is 11.3 Å². The van der Waals surface area contributed by atoms with Gasteiger partial charge in [-0.05, 0) is 29.8 Å². The molecule has 0 aliphatic carbocycles. The second-order valence-electron chi connectivity index (χ2n) is 4.66. The second-order valence-corrected chi connectivity index (χ2v) is 5.50. The number of halogens is 2. The zero-order valence-electron chi connectivity index (χ0n) is 11.4. The highest BCUT2D eigenvalue weighted by atomic mass is 35.5. The largest absolute Gasteiger partial charge is 0.389 e. The van der Waals surface area contributed by atoms with Crippen LogP contribution in [0.1, 0.15) is 5.56 Å². The van der Waals surface area contributed by atoms with E-state index in [1.165, 1.54) is 0 Å². The van der Waals surface area contributed by atoms with E-state index in [1.807, 2.05) is 42.5 Å². The van der Waals surface area contributed by atoms with Gasteiger partial charge in [-0.2, -0.15) is 0 Å². The normalized spacial score (nSPS) is 12.1. The molecule has 0 amide bonds. The third-order valence-corrected chi connectivity index (χ3v) is 3.48. The van der Waals surface area contributed by atoms with Gasteiger partial charge in [0, 0.05) is 11.6 Å². The first kappa shape index (κ1) is 16.1. The van der Waals surface area contributed by atoms with Crippen molar-refractivity contribution < 1.29 is 9.84 Å². The number of ether oxygens (including phenoxy) is 1. The van der Waals surface area contributed by atoms with Crippen LogP contribution in [0, 0.1) is 0 Å². The molecule has 0 fully saturated rings. The van der Waals surface area contributed by atoms with Crippen LogP contribution in [0.5, 0.6) is 0 Å². The van der Waals surface area contributed by atoms with E-state index >= 15 is 0 Å². The SMILES string of the molecule is OC(CNc1ccccc1Cl)COCc1ccc(Cl)cc1. The first-order valence-corrected chi connectivity index (χ1v) is 7.39. The van der Waals surface area contributed by atoms with Gasteiger partial charge in [0.15, 0.2) is 0 Å². The molecule has 3 nitrogen and oxygen atoms in total. The third kappa shape index (κ3) is 5.56. The van der Waals surface area contributed by atoms with Gasteiger partial charge < -0.3 is 15.2 Å². The van der Waals surface area contributed by atoms with Crippen LogP contribution in [0.15, 0.2) is 48.5 Å². The molecule has 0 aromatic heterocycles. The number of hydrogen-bond acceptors (Lipinski definition) is 3. The van der Waals surface area contributed by atoms with Crippen LogP contribution in [-0.4, -0.2) is 24.4 Å². The van der Waals surface area contributed by atoms with Crippen molar-refractivity contribution in [2.24, 2.45) is 0 Å². The lowest BCUT2D eigenvalue weighted by Crippen LogP contribution is -2.24. The monoisotopic (exact) mass is 325 g/mol. The van der Waals surface area contributed by atoms with Crippen molar-refractivity contribution in [2.45, 2.75) is 12.7 Å². The van der Waals surface area contributed by atoms with E-state index in [0.29, 0.717) is 23.2 Å². The van der Waals surface area contributed by atoms with Crippen LogP contribution >= 0.6 is 23.2 Å². The number of aliphatic hydroxyl groups is 1. The van der Waals surface area contributed by atoms with Gasteiger partial charge in [0.1, 0.15) is 0 Å². The molecule has 2 aromatic rings. The van der Waals surface area contributed by atoms with Gasteiger partial charge in [-0.1, -0.05) is 47.5 Å². The lowest BCUT2D eigenvalue weighted by Gasteiger charge is -2.14. The average Bonchev–Trinajstić information content (AvgIpc) is 2.48. The molecular formula is C16H17Cl2NO2. The van der Waals surface area contributed by atoms with Gasteiger partial charge in [0.25, 0.3) is 0 Å². The number of aliphatic hydroxyl groups excluding tert-OH is 1. The van der Waals surface area contributed by atoms with E-state index in [4.69, 9.17) is 27.9 Å². The van der Waals surface area contributed by atoms with E-state index in [9.17, 15) is 5.11 Å². The molecule has 0 spiro atoms. The van der Waals surface area contributed by atoms with Crippen molar-refractivity contribution in [1.82, 2.24) is 0 Å². The number of anilines is 1. The molecule has 112 valence electrons. The first-order valence-electron chi connectivity index (χ1n) is 6.64. The Hall–Kier alpha value is -1.26. The summed E-state index contributed by atoms with van der Waals surface area (Å²) in [5.41, 5.74) is 1.82. The molecule has 2 rings (SSSR count). The Morgan fingerprint density at radius 3 is 2.48 bits per heavy atom. The predicted molar refractivity (Wildman–Crippen MR) is 87.1 cm³/mol. The standard InChI is InChI=1S/C16H17Cl2NO2/c17-13-7-5-12(6-8-13)10-21-11-14(20)9-19-16-4-2-1-3-15(16)18/h1-8,14,19-20H,9-11H2. The van der Waals surface area contributed by atoms with E-state index in [-0.39, 0.29) is 6.61 Å². The third-order valence-electron chi connectivity index (χ3n) is 2.89. The molecule has 0 bridgehead atoms. The highest BCUT2D eigenvalue weighted by Crippen LogP contribution is 2.20. The van der Waals surface area contributed by atoms with Gasteiger partial charge in [0.2, 0.25) is 0 Å². The van der Waals surface area contributed by atoms with Crippen molar-refractivity contribution in [2.75, 3.05) is 18.5 Å². The highest BCUT2D eigenvalue weighted by molar-refractivity contribution is 6.33. The molecule has 5 heteroatoms. The molecule has 0 aliphatic rings. The smallest absolute Gasteiger partial charge is 0.0945 e. The molecule has 0 saturated carbocycles. The average molecular weight is 326 g/mol. The van der Waals surface area contributed by atoms with Crippen LogP contribution in [0.2, 0.25) is 10.0 Å². The van der Waals surface area contributed by atoms with Crippen molar-refractivity contribution in [3.8, 4) is 0 Å². The topological polar surface area (TPSA) is 41.5 Å². The minimum absolute atomic E-state index is 0.250. The molecular weight excluding hydrogens is 309 g/mol. The van der Waals surface area contributed by atoms with Crippen LogP contribution in [0.4, 0.5) is 5.69 Å². The summed E-state index contributed by atoms with van der Waals surface area (Å²) in [5.74, 6) is 0. The maximum atomic E-state index is 9.87. The molecule has 0 saturated heterocycles. The fourth-order valence-electron chi connectivity index (χ4n) is 1.78. The summed E-state index contributed by atoms with van der Waals surface area (Å²) in [6.45, 7) is 1.07. The first-order chi connectivity index (χ1) is 10.1. The van der Waals surface area contributed by atoms with Gasteiger partial charge >= 0.3 is 0 Å². The van der Waals surface area contributed by atoms with E-state index in [2.05, 4.69) is 5.32 Å². The fourth-order valence-corrected chi connectivity index (χ4v) is 2.11. The molecule has 0 radical (unpaired) electrons. The molecule has 0 heterocycles. The Morgan fingerprint density at radius 2 is 1.76 bits per heavy atom. The maximum Gasteiger partial charge on any atom is 0.0945 e. The molecule has 21 heavy (non-hydrogen) atoms. The predicted octanol–water partition coefficient (Wildman–Crippen LogP) is 3.98. The van der Waals surface area contributed by atoms with Gasteiger partial charge in [-0.25, -0.2) is 0 Å². The molecule has 1 atom stereocenters. The summed E-state index contributed by atoms with van der Waals surface area (Å²) >= 11 is 11.8. The molecule has 2 aromatic carbocycles. The zero-order valence-corrected chi connectivity index (χ0v) is 12.9. The number of hydrogen-bond donors (Lipinski definition) is 2. The fraction of sp³-hybridized carbons (Fsp3) is 0.250. The minimum atomic E-state index is -0.603. The second kappa shape index (κ2) is 8.25. The van der Waals surface area contributed by atoms with Gasteiger partial charge in [-0.3, -0.25) is 0 Å². The van der Waals surface area contributed by atoms with E-state index in [0.717, 1.165) is 11.3 Å². The van der Waals surface area contributed by atoms with Crippen LogP contribution < -0.4 is 5.32 Å². The summed E-state index contributed by atoms with van der Waals surface area (Å²) in [7, 11) is 0. The number of benzene rings is 2. The highest BCUT2D eigenvalue weighted by Gasteiger charge is 2.06. The molecule has 2 N–H and O–H groups in total. The summed E-state index contributed by atoms with van der Waals surface area (Å²) in [4.78, 5) is 0. The number of rotatable bonds is 7. The van der Waals surface area contributed by atoms with E-state index in [1.54, 1.807) is 6.07 Å². The Morgan fingerprint density at radius 1 is 1.05 bits per heavy atom. The van der Waals surface area contributed by atoms with Crippen molar-refractivity contribution in [3.05, 3.63) is 64.1 Å². The molecule has 0 aliphatic heterocycles. The summed E-state index contributed by atoms with van der Waals surface area (Å²) in [6.07, 6.45) is -0.603. The summed E-state index contributed by atoms with van der Waals surface area (Å²) in [5, 5.41) is 14.3. The summed E-state index contributed by atoms with van der Waals surface area (Å²) < 4.78 is 5.47. The zero-order chi connectivity index (χ0) is 15.1. The van der Waals surface area contributed by atoms with Crippen LogP contribution in [0.3, 0.4) is 0 Å². The Kier molecular flexibility index (Phi) is 6.33. The van der Waals surface area contributed by atoms with Crippen molar-refractivity contribution >= 4 is 28.9 Å². The quantitative estimate of drug-likeness (QED) is 0.808. The van der Waals surface area contributed by atoms with Crippen molar-refractivity contribution in [1.29, 1.82) is 0 Å². The van der Waals surface area contributed by atoms with Crippen molar-refractivity contribution in [3.63, 3.8) is 0 Å². The van der Waals surface area contributed by atoms with Gasteiger partial charge in [0.05, 0.1) is 30.0 Å². The lowest BCUT2D eigenvalue weighted by molar-refractivity contribution is 0.0348. The van der Waals surface area contributed by atoms with Crippen LogP contribution in [0.25, 0.3) is 0 Å².